The number of carboxylic acids is 1. The van der Waals surface area contributed by atoms with Gasteiger partial charge in [0.1, 0.15) is 6.26 Å². The van der Waals surface area contributed by atoms with Crippen LogP contribution < -0.4 is 0 Å². The van der Waals surface area contributed by atoms with Gasteiger partial charge in [0.25, 0.3) is 0 Å². The molecule has 0 aromatic carbocycles. The van der Waals surface area contributed by atoms with E-state index in [2.05, 4.69) is 16.4 Å². The standard InChI is InChI=1S/C7H12O4/c1-4-10-11-6(5(2)3)7(8)9/h4-6H,1H2,2-3H3,(H,8,9)/t6-/m1/s1. The third-order valence-electron chi connectivity index (χ3n) is 1.08. The fourth-order valence-corrected chi connectivity index (χ4v) is 0.537. The molecule has 0 aromatic heterocycles. The lowest BCUT2D eigenvalue weighted by Crippen LogP contribution is -2.28. The van der Waals surface area contributed by atoms with E-state index in [1.807, 2.05) is 0 Å². The van der Waals surface area contributed by atoms with Crippen LogP contribution in [0.1, 0.15) is 13.8 Å². The molecule has 0 amide bonds. The van der Waals surface area contributed by atoms with Gasteiger partial charge in [-0.2, -0.15) is 4.89 Å². The Morgan fingerprint density at radius 3 is 2.45 bits per heavy atom. The van der Waals surface area contributed by atoms with E-state index in [0.29, 0.717) is 0 Å². The van der Waals surface area contributed by atoms with Crippen LogP contribution in [0.2, 0.25) is 0 Å². The Hall–Kier alpha value is -1.03. The molecule has 11 heavy (non-hydrogen) atoms. The lowest BCUT2D eigenvalue weighted by Gasteiger charge is -2.13. The highest BCUT2D eigenvalue weighted by Crippen LogP contribution is 2.06. The third-order valence-corrected chi connectivity index (χ3v) is 1.08. The second-order valence-electron chi connectivity index (χ2n) is 2.36. The lowest BCUT2D eigenvalue weighted by atomic mass is 10.1. The van der Waals surface area contributed by atoms with Crippen LogP contribution >= 0.6 is 0 Å². The summed E-state index contributed by atoms with van der Waals surface area (Å²) in [5, 5.41) is 8.53. The molecule has 4 nitrogen and oxygen atoms in total. The molecule has 0 saturated carbocycles. The van der Waals surface area contributed by atoms with Gasteiger partial charge in [-0.25, -0.2) is 4.79 Å². The summed E-state index contributed by atoms with van der Waals surface area (Å²) in [6.07, 6.45) is 0.103. The number of carbonyl (C=O) groups is 1. The highest BCUT2D eigenvalue weighted by Gasteiger charge is 2.23. The van der Waals surface area contributed by atoms with Gasteiger partial charge >= 0.3 is 5.97 Å². The van der Waals surface area contributed by atoms with Crippen molar-refractivity contribution in [2.24, 2.45) is 5.92 Å². The Labute approximate surface area is 65.4 Å². The largest absolute Gasteiger partial charge is 0.479 e. The van der Waals surface area contributed by atoms with Crippen LogP contribution in [-0.4, -0.2) is 17.2 Å². The Bertz CT molecular complexity index is 141. The number of aliphatic carboxylic acids is 1. The van der Waals surface area contributed by atoms with Gasteiger partial charge in [-0.05, 0) is 5.92 Å². The molecule has 64 valence electrons. The van der Waals surface area contributed by atoms with Crippen molar-refractivity contribution in [3.8, 4) is 0 Å². The van der Waals surface area contributed by atoms with Crippen molar-refractivity contribution in [3.05, 3.63) is 12.8 Å². The molecule has 4 heteroatoms. The van der Waals surface area contributed by atoms with E-state index in [-0.39, 0.29) is 5.92 Å². The SMILES string of the molecule is C=COO[C@@H](C(=O)O)C(C)C. The van der Waals surface area contributed by atoms with Crippen molar-refractivity contribution >= 4 is 5.97 Å². The summed E-state index contributed by atoms with van der Waals surface area (Å²) < 4.78 is 0. The van der Waals surface area contributed by atoms with Crippen molar-refractivity contribution in [2.45, 2.75) is 20.0 Å². The average Bonchev–Trinajstić information content (AvgIpc) is 1.87. The van der Waals surface area contributed by atoms with Gasteiger partial charge in [0.15, 0.2) is 0 Å². The van der Waals surface area contributed by atoms with Gasteiger partial charge in [0, 0.05) is 0 Å². The third kappa shape index (κ3) is 3.62. The first kappa shape index (κ1) is 9.97. The summed E-state index contributed by atoms with van der Waals surface area (Å²) in [4.78, 5) is 19.2. The van der Waals surface area contributed by atoms with Crippen LogP contribution in [0.4, 0.5) is 0 Å². The van der Waals surface area contributed by atoms with Crippen LogP contribution in [-0.2, 0) is 14.6 Å². The summed E-state index contributed by atoms with van der Waals surface area (Å²) in [5.74, 6) is -1.17. The molecule has 0 aliphatic rings. The summed E-state index contributed by atoms with van der Waals surface area (Å²) in [6.45, 7) is 6.67. The molecule has 0 saturated heterocycles. The predicted molar refractivity (Wildman–Crippen MR) is 38.6 cm³/mol. The summed E-state index contributed by atoms with van der Waals surface area (Å²) in [6, 6.07) is 0. The first-order valence-corrected chi connectivity index (χ1v) is 3.25. The summed E-state index contributed by atoms with van der Waals surface area (Å²) in [5.41, 5.74) is 0. The van der Waals surface area contributed by atoms with Gasteiger partial charge in [-0.3, -0.25) is 0 Å². The quantitative estimate of drug-likeness (QED) is 0.373. The Balaban J connectivity index is 3.89. The van der Waals surface area contributed by atoms with Crippen LogP contribution in [0.25, 0.3) is 0 Å². The summed E-state index contributed by atoms with van der Waals surface area (Å²) in [7, 11) is 0. The zero-order valence-electron chi connectivity index (χ0n) is 6.61. The fraction of sp³-hybridized carbons (Fsp3) is 0.571. The smallest absolute Gasteiger partial charge is 0.337 e. The van der Waals surface area contributed by atoms with Crippen molar-refractivity contribution in [1.29, 1.82) is 0 Å². The van der Waals surface area contributed by atoms with Gasteiger partial charge in [-0.1, -0.05) is 20.4 Å². The maximum atomic E-state index is 10.4. The molecule has 0 unspecified atom stereocenters. The van der Waals surface area contributed by atoms with E-state index in [0.717, 1.165) is 6.26 Å². The average molecular weight is 160 g/mol. The van der Waals surface area contributed by atoms with Crippen molar-refractivity contribution < 1.29 is 19.7 Å². The molecule has 0 heterocycles. The molecular weight excluding hydrogens is 148 g/mol. The summed E-state index contributed by atoms with van der Waals surface area (Å²) >= 11 is 0. The maximum Gasteiger partial charge on any atom is 0.337 e. The Kier molecular flexibility index (Phi) is 4.29. The zero-order chi connectivity index (χ0) is 8.85. The molecule has 0 bridgehead atoms. The molecule has 1 atom stereocenters. The van der Waals surface area contributed by atoms with Gasteiger partial charge in [0.2, 0.25) is 6.10 Å². The number of rotatable bonds is 5. The molecule has 0 fully saturated rings. The molecular formula is C7H12O4. The lowest BCUT2D eigenvalue weighted by molar-refractivity contribution is -0.288. The van der Waals surface area contributed by atoms with Crippen LogP contribution in [0, 0.1) is 5.92 Å². The molecule has 0 aromatic rings. The minimum absolute atomic E-state index is 0.132. The second kappa shape index (κ2) is 4.73. The van der Waals surface area contributed by atoms with E-state index < -0.39 is 12.1 Å². The molecule has 0 rings (SSSR count). The fourth-order valence-electron chi connectivity index (χ4n) is 0.537. The number of hydrogen-bond donors (Lipinski definition) is 1. The molecule has 1 N–H and O–H groups in total. The van der Waals surface area contributed by atoms with Crippen LogP contribution in [0.3, 0.4) is 0 Å². The van der Waals surface area contributed by atoms with Gasteiger partial charge in [0.05, 0.1) is 0 Å². The van der Waals surface area contributed by atoms with Gasteiger partial charge < -0.3 is 9.99 Å². The maximum absolute atomic E-state index is 10.4. The topological polar surface area (TPSA) is 55.8 Å². The molecule has 0 aliphatic heterocycles. The first-order valence-electron chi connectivity index (χ1n) is 3.25. The monoisotopic (exact) mass is 160 g/mol. The van der Waals surface area contributed by atoms with Crippen LogP contribution in [0.5, 0.6) is 0 Å². The van der Waals surface area contributed by atoms with E-state index in [1.165, 1.54) is 0 Å². The van der Waals surface area contributed by atoms with E-state index in [4.69, 9.17) is 5.11 Å². The van der Waals surface area contributed by atoms with Crippen molar-refractivity contribution in [2.75, 3.05) is 0 Å². The second-order valence-corrected chi connectivity index (χ2v) is 2.36. The van der Waals surface area contributed by atoms with Gasteiger partial charge in [-0.15, -0.1) is 0 Å². The predicted octanol–water partition coefficient (Wildman–Crippen LogP) is 1.19. The Morgan fingerprint density at radius 1 is 1.64 bits per heavy atom. The molecule has 0 aliphatic carbocycles. The normalized spacial score (nSPS) is 12.6. The minimum atomic E-state index is -1.04. The highest BCUT2D eigenvalue weighted by atomic mass is 17.2. The molecule has 0 radical (unpaired) electrons. The van der Waals surface area contributed by atoms with E-state index in [9.17, 15) is 4.79 Å². The van der Waals surface area contributed by atoms with Crippen molar-refractivity contribution in [1.82, 2.24) is 0 Å². The Morgan fingerprint density at radius 2 is 2.18 bits per heavy atom. The first-order chi connectivity index (χ1) is 5.09. The minimum Gasteiger partial charge on any atom is -0.479 e. The highest BCUT2D eigenvalue weighted by molar-refractivity contribution is 5.72. The van der Waals surface area contributed by atoms with Crippen molar-refractivity contribution in [3.63, 3.8) is 0 Å². The molecule has 0 spiro atoms. The number of carboxylic acid groups (broad SMARTS) is 1. The number of hydrogen-bond acceptors (Lipinski definition) is 3. The van der Waals surface area contributed by atoms with Crippen LogP contribution in [0.15, 0.2) is 12.8 Å². The zero-order valence-corrected chi connectivity index (χ0v) is 6.61. The van der Waals surface area contributed by atoms with E-state index in [1.54, 1.807) is 13.8 Å². The van der Waals surface area contributed by atoms with E-state index >= 15 is 0 Å².